The van der Waals surface area contributed by atoms with Gasteiger partial charge in [0.05, 0.1) is 0 Å². The van der Waals surface area contributed by atoms with E-state index < -0.39 is 0 Å². The van der Waals surface area contributed by atoms with E-state index in [4.69, 9.17) is 0 Å². The average molecular weight is 198 g/mol. The quantitative estimate of drug-likeness (QED) is 0.721. The van der Waals surface area contributed by atoms with E-state index in [2.05, 4.69) is 19.3 Å². The van der Waals surface area contributed by atoms with Gasteiger partial charge in [0.25, 0.3) is 0 Å². The van der Waals surface area contributed by atoms with Crippen LogP contribution >= 0.6 is 0 Å². The first-order chi connectivity index (χ1) is 6.76. The molecule has 4 atom stereocenters. The molecule has 1 heterocycles. The van der Waals surface area contributed by atoms with Crippen molar-refractivity contribution in [1.82, 2.24) is 10.4 Å². The smallest absolute Gasteiger partial charge is 0.0357 e. The summed E-state index contributed by atoms with van der Waals surface area (Å²) in [6, 6.07) is 1.07. The van der Waals surface area contributed by atoms with E-state index in [-0.39, 0.29) is 0 Å². The fourth-order valence-electron chi connectivity index (χ4n) is 3.43. The topological polar surface area (TPSA) is 35.5 Å². The van der Waals surface area contributed by atoms with E-state index in [1.54, 1.807) is 5.06 Å². The van der Waals surface area contributed by atoms with E-state index in [0.717, 1.165) is 12.5 Å². The van der Waals surface area contributed by atoms with Crippen LogP contribution in [0.15, 0.2) is 0 Å². The van der Waals surface area contributed by atoms with E-state index in [9.17, 15) is 5.21 Å². The molecular formula is C11H22N2O. The summed E-state index contributed by atoms with van der Waals surface area (Å²) < 4.78 is 0. The molecule has 0 aromatic carbocycles. The van der Waals surface area contributed by atoms with Crippen molar-refractivity contribution in [2.24, 2.45) is 11.8 Å². The lowest BCUT2D eigenvalue weighted by Crippen LogP contribution is -2.44. The van der Waals surface area contributed by atoms with Gasteiger partial charge in [-0.1, -0.05) is 13.3 Å². The van der Waals surface area contributed by atoms with Gasteiger partial charge in [0, 0.05) is 18.6 Å². The summed E-state index contributed by atoms with van der Waals surface area (Å²) in [5, 5.41) is 14.7. The van der Waals surface area contributed by atoms with Crippen LogP contribution in [0.5, 0.6) is 0 Å². The van der Waals surface area contributed by atoms with Crippen molar-refractivity contribution in [3.8, 4) is 0 Å². The van der Waals surface area contributed by atoms with E-state index in [0.29, 0.717) is 18.0 Å². The van der Waals surface area contributed by atoms with Crippen LogP contribution in [0, 0.1) is 11.8 Å². The van der Waals surface area contributed by atoms with Gasteiger partial charge >= 0.3 is 0 Å². The first kappa shape index (κ1) is 10.4. The number of nitrogens with one attached hydrogen (secondary N) is 1. The molecule has 82 valence electrons. The molecule has 3 nitrogen and oxygen atoms in total. The van der Waals surface area contributed by atoms with Crippen molar-refractivity contribution < 1.29 is 5.21 Å². The predicted molar refractivity (Wildman–Crippen MR) is 56.3 cm³/mol. The van der Waals surface area contributed by atoms with Crippen LogP contribution in [0.1, 0.15) is 32.6 Å². The summed E-state index contributed by atoms with van der Waals surface area (Å²) in [6.07, 6.45) is 4.91. The van der Waals surface area contributed by atoms with Crippen molar-refractivity contribution >= 4 is 0 Å². The number of nitrogens with zero attached hydrogens (tertiary/aromatic N) is 1. The maximum atomic E-state index is 9.70. The van der Waals surface area contributed by atoms with Crippen molar-refractivity contribution in [2.75, 3.05) is 13.6 Å². The highest BCUT2D eigenvalue weighted by Gasteiger charge is 2.44. The van der Waals surface area contributed by atoms with Gasteiger partial charge in [0.15, 0.2) is 0 Å². The maximum Gasteiger partial charge on any atom is 0.0357 e. The highest BCUT2D eigenvalue weighted by Crippen LogP contribution is 2.39. The minimum atomic E-state index is 0.446. The molecule has 0 spiro atoms. The molecule has 1 aliphatic heterocycles. The van der Waals surface area contributed by atoms with Gasteiger partial charge in [-0.15, -0.1) is 0 Å². The molecule has 3 heteroatoms. The van der Waals surface area contributed by atoms with Crippen LogP contribution in [-0.4, -0.2) is 35.9 Å². The second-order valence-corrected chi connectivity index (χ2v) is 4.87. The Bertz CT molecular complexity index is 196. The highest BCUT2D eigenvalue weighted by molar-refractivity contribution is 4.97. The van der Waals surface area contributed by atoms with Crippen LogP contribution < -0.4 is 5.32 Å². The fourth-order valence-corrected chi connectivity index (χ4v) is 3.43. The molecule has 1 saturated carbocycles. The van der Waals surface area contributed by atoms with Crippen molar-refractivity contribution in [3.63, 3.8) is 0 Å². The third-order valence-electron chi connectivity index (χ3n) is 4.00. The third kappa shape index (κ3) is 1.69. The van der Waals surface area contributed by atoms with Gasteiger partial charge in [-0.2, -0.15) is 5.06 Å². The Morgan fingerprint density at radius 2 is 2.21 bits per heavy atom. The van der Waals surface area contributed by atoms with Gasteiger partial charge < -0.3 is 10.5 Å². The predicted octanol–water partition coefficient (Wildman–Crippen LogP) is 1.47. The molecule has 4 unspecified atom stereocenters. The lowest BCUT2D eigenvalue weighted by molar-refractivity contribution is -0.105. The summed E-state index contributed by atoms with van der Waals surface area (Å²) in [7, 11) is 2.06. The summed E-state index contributed by atoms with van der Waals surface area (Å²) in [6.45, 7) is 3.12. The van der Waals surface area contributed by atoms with Crippen LogP contribution in [0.4, 0.5) is 0 Å². The average Bonchev–Trinajstić information content (AvgIpc) is 2.45. The molecule has 0 radical (unpaired) electrons. The van der Waals surface area contributed by atoms with E-state index >= 15 is 0 Å². The van der Waals surface area contributed by atoms with Crippen LogP contribution in [0.2, 0.25) is 0 Å². The van der Waals surface area contributed by atoms with Gasteiger partial charge in [-0.25, -0.2) is 0 Å². The molecule has 14 heavy (non-hydrogen) atoms. The van der Waals surface area contributed by atoms with Crippen LogP contribution in [0.25, 0.3) is 0 Å². The number of hydrogen-bond acceptors (Lipinski definition) is 3. The maximum absolute atomic E-state index is 9.70. The second kappa shape index (κ2) is 4.17. The van der Waals surface area contributed by atoms with Crippen molar-refractivity contribution in [2.45, 2.75) is 44.7 Å². The molecule has 2 bridgehead atoms. The SMILES string of the molecule is CCCC1CC2CC(CN2O)C1NC. The molecule has 2 aliphatic rings. The molecule has 0 amide bonds. The van der Waals surface area contributed by atoms with E-state index in [1.165, 1.54) is 25.7 Å². The van der Waals surface area contributed by atoms with Crippen LogP contribution in [-0.2, 0) is 0 Å². The summed E-state index contributed by atoms with van der Waals surface area (Å²) >= 11 is 0. The molecule has 2 rings (SSSR count). The lowest BCUT2D eigenvalue weighted by atomic mass is 9.75. The molecule has 2 N–H and O–H groups in total. The van der Waals surface area contributed by atoms with Crippen LogP contribution in [0.3, 0.4) is 0 Å². The Hall–Kier alpha value is -0.120. The zero-order chi connectivity index (χ0) is 10.1. The standard InChI is InChI=1S/C11H22N2O/c1-3-4-8-5-10-6-9(7-13(10)14)11(8)12-2/h8-12,14H,3-7H2,1-2H3. The largest absolute Gasteiger partial charge is 0.316 e. The first-order valence-electron chi connectivity index (χ1n) is 5.89. The van der Waals surface area contributed by atoms with Gasteiger partial charge in [0.2, 0.25) is 0 Å². The number of hydroxylamine groups is 2. The Kier molecular flexibility index (Phi) is 3.10. The highest BCUT2D eigenvalue weighted by atomic mass is 16.5. The first-order valence-corrected chi connectivity index (χ1v) is 5.89. The lowest BCUT2D eigenvalue weighted by Gasteiger charge is -2.35. The van der Waals surface area contributed by atoms with Gasteiger partial charge in [-0.3, -0.25) is 0 Å². The Balaban J connectivity index is 2.05. The van der Waals surface area contributed by atoms with Crippen molar-refractivity contribution in [3.05, 3.63) is 0 Å². The minimum absolute atomic E-state index is 0.446. The normalized spacial score (nSPS) is 43.1. The zero-order valence-corrected chi connectivity index (χ0v) is 9.24. The molecule has 2 fully saturated rings. The molecule has 0 aromatic heterocycles. The van der Waals surface area contributed by atoms with Gasteiger partial charge in [0.1, 0.15) is 0 Å². The Labute approximate surface area is 86.4 Å². The Morgan fingerprint density at radius 1 is 1.43 bits per heavy atom. The summed E-state index contributed by atoms with van der Waals surface area (Å²) in [5.41, 5.74) is 0. The summed E-state index contributed by atoms with van der Waals surface area (Å²) in [5.74, 6) is 1.44. The molecule has 1 aliphatic carbocycles. The van der Waals surface area contributed by atoms with E-state index in [1.807, 2.05) is 0 Å². The van der Waals surface area contributed by atoms with Crippen molar-refractivity contribution in [1.29, 1.82) is 0 Å². The molecular weight excluding hydrogens is 176 g/mol. The molecule has 0 aromatic rings. The zero-order valence-electron chi connectivity index (χ0n) is 9.24. The monoisotopic (exact) mass is 198 g/mol. The number of hydrogen-bond donors (Lipinski definition) is 2. The third-order valence-corrected chi connectivity index (χ3v) is 4.00. The molecule has 1 saturated heterocycles. The Morgan fingerprint density at radius 3 is 2.86 bits per heavy atom. The number of fused-ring (bicyclic) bond motifs is 2. The van der Waals surface area contributed by atoms with Gasteiger partial charge in [-0.05, 0) is 38.1 Å². The minimum Gasteiger partial charge on any atom is -0.316 e. The number of rotatable bonds is 3. The second-order valence-electron chi connectivity index (χ2n) is 4.87. The summed E-state index contributed by atoms with van der Waals surface area (Å²) in [4.78, 5) is 0. The fraction of sp³-hybridized carbons (Fsp3) is 1.00.